The molecule has 0 heterocycles. The number of carbonyl (C=O) groups is 1. The second-order valence-corrected chi connectivity index (χ2v) is 4.77. The Labute approximate surface area is 114 Å². The number of rotatable bonds is 5. The molecule has 1 unspecified atom stereocenters. The maximum Gasteiger partial charge on any atom is 0.166 e. The Kier molecular flexibility index (Phi) is 4.48. The molecule has 0 fully saturated rings. The highest BCUT2D eigenvalue weighted by Crippen LogP contribution is 2.20. The minimum atomic E-state index is 0.00701. The normalized spacial score (nSPS) is 12.1. The van der Waals surface area contributed by atoms with Crippen LogP contribution in [0.3, 0.4) is 0 Å². The summed E-state index contributed by atoms with van der Waals surface area (Å²) in [6.45, 7) is 2.66. The van der Waals surface area contributed by atoms with E-state index in [1.807, 2.05) is 56.4 Å². The van der Waals surface area contributed by atoms with Crippen LogP contribution in [0.4, 0.5) is 0 Å². The van der Waals surface area contributed by atoms with Crippen molar-refractivity contribution in [1.82, 2.24) is 5.32 Å². The molecule has 2 aromatic rings. The largest absolute Gasteiger partial charge is 0.319 e. The van der Waals surface area contributed by atoms with Crippen LogP contribution in [0.1, 0.15) is 17.3 Å². The van der Waals surface area contributed by atoms with Crippen molar-refractivity contribution in [2.75, 3.05) is 13.6 Å². The van der Waals surface area contributed by atoms with E-state index in [-0.39, 0.29) is 11.7 Å². The van der Waals surface area contributed by atoms with Crippen molar-refractivity contribution >= 4 is 5.78 Å². The van der Waals surface area contributed by atoms with Crippen LogP contribution in [-0.4, -0.2) is 19.4 Å². The third kappa shape index (κ3) is 3.30. The maximum atomic E-state index is 12.1. The molecule has 0 saturated carbocycles. The van der Waals surface area contributed by atoms with E-state index in [4.69, 9.17) is 0 Å². The lowest BCUT2D eigenvalue weighted by atomic mass is 9.97. The minimum absolute atomic E-state index is 0.00701. The summed E-state index contributed by atoms with van der Waals surface area (Å²) < 4.78 is 0. The van der Waals surface area contributed by atoms with Crippen LogP contribution in [0.25, 0.3) is 11.1 Å². The van der Waals surface area contributed by atoms with Crippen molar-refractivity contribution < 1.29 is 4.79 Å². The number of carbonyl (C=O) groups excluding carboxylic acids is 1. The van der Waals surface area contributed by atoms with Crippen LogP contribution >= 0.6 is 0 Å². The summed E-state index contributed by atoms with van der Waals surface area (Å²) in [5.74, 6) is 0.196. The lowest BCUT2D eigenvalue weighted by Gasteiger charge is -2.10. The molecule has 0 aromatic heterocycles. The number of Topliss-reactive ketones (excluding diaryl/α,β-unsaturated/α-hetero) is 1. The molecule has 0 aliphatic carbocycles. The number of ketones is 1. The van der Waals surface area contributed by atoms with Gasteiger partial charge in [-0.25, -0.2) is 0 Å². The van der Waals surface area contributed by atoms with E-state index in [9.17, 15) is 4.79 Å². The summed E-state index contributed by atoms with van der Waals surface area (Å²) in [7, 11) is 1.86. The van der Waals surface area contributed by atoms with Gasteiger partial charge in [-0.05, 0) is 18.2 Å². The highest BCUT2D eigenvalue weighted by Gasteiger charge is 2.14. The van der Waals surface area contributed by atoms with E-state index >= 15 is 0 Å². The first-order chi connectivity index (χ1) is 9.22. The summed E-state index contributed by atoms with van der Waals surface area (Å²) in [4.78, 5) is 12.1. The number of hydrogen-bond acceptors (Lipinski definition) is 2. The molecule has 2 rings (SSSR count). The Morgan fingerprint density at radius 2 is 1.58 bits per heavy atom. The second-order valence-electron chi connectivity index (χ2n) is 4.77. The highest BCUT2D eigenvalue weighted by atomic mass is 16.1. The number of benzene rings is 2. The first-order valence-electron chi connectivity index (χ1n) is 6.56. The third-order valence-corrected chi connectivity index (χ3v) is 3.23. The van der Waals surface area contributed by atoms with Gasteiger partial charge in [0.05, 0.1) is 0 Å². The van der Waals surface area contributed by atoms with Crippen LogP contribution < -0.4 is 5.32 Å². The highest BCUT2D eigenvalue weighted by molar-refractivity contribution is 5.98. The fourth-order valence-electron chi connectivity index (χ4n) is 2.14. The Balaban J connectivity index is 2.17. The molecule has 0 aliphatic rings. The average molecular weight is 253 g/mol. The molecule has 2 aromatic carbocycles. The molecule has 0 spiro atoms. The van der Waals surface area contributed by atoms with Crippen molar-refractivity contribution in [1.29, 1.82) is 0 Å². The molecule has 98 valence electrons. The molecule has 0 radical (unpaired) electrons. The maximum absolute atomic E-state index is 12.1. The zero-order chi connectivity index (χ0) is 13.7. The Morgan fingerprint density at radius 1 is 1.00 bits per heavy atom. The van der Waals surface area contributed by atoms with E-state index in [2.05, 4.69) is 17.4 Å². The number of hydrogen-bond donors (Lipinski definition) is 1. The molecule has 19 heavy (non-hydrogen) atoms. The van der Waals surface area contributed by atoms with Gasteiger partial charge in [-0.1, -0.05) is 61.5 Å². The van der Waals surface area contributed by atoms with Gasteiger partial charge >= 0.3 is 0 Å². The molecular weight excluding hydrogens is 234 g/mol. The first-order valence-corrected chi connectivity index (χ1v) is 6.56. The van der Waals surface area contributed by atoms with Crippen molar-refractivity contribution in [2.24, 2.45) is 5.92 Å². The number of nitrogens with one attached hydrogen (secondary N) is 1. The van der Waals surface area contributed by atoms with Crippen LogP contribution in [0.2, 0.25) is 0 Å². The van der Waals surface area contributed by atoms with Crippen molar-refractivity contribution in [3.05, 3.63) is 60.2 Å². The zero-order valence-corrected chi connectivity index (χ0v) is 11.4. The SMILES string of the molecule is CNCC(C)C(=O)c1ccc(-c2ccccc2)cc1. The predicted molar refractivity (Wildman–Crippen MR) is 79.3 cm³/mol. The summed E-state index contributed by atoms with van der Waals surface area (Å²) in [6, 6.07) is 18.0. The average Bonchev–Trinajstić information content (AvgIpc) is 2.48. The van der Waals surface area contributed by atoms with E-state index in [0.29, 0.717) is 6.54 Å². The summed E-state index contributed by atoms with van der Waals surface area (Å²) >= 11 is 0. The van der Waals surface area contributed by atoms with E-state index in [0.717, 1.165) is 11.1 Å². The van der Waals surface area contributed by atoms with E-state index in [1.165, 1.54) is 5.56 Å². The molecular formula is C17H19NO. The molecule has 2 heteroatoms. The zero-order valence-electron chi connectivity index (χ0n) is 11.4. The smallest absolute Gasteiger partial charge is 0.166 e. The van der Waals surface area contributed by atoms with Crippen LogP contribution in [0.5, 0.6) is 0 Å². The first kappa shape index (κ1) is 13.5. The molecule has 1 atom stereocenters. The Bertz CT molecular complexity index is 531. The lowest BCUT2D eigenvalue weighted by Crippen LogP contribution is -2.23. The quantitative estimate of drug-likeness (QED) is 0.827. The van der Waals surface area contributed by atoms with E-state index < -0.39 is 0 Å². The van der Waals surface area contributed by atoms with Gasteiger partial charge in [0.1, 0.15) is 0 Å². The fourth-order valence-corrected chi connectivity index (χ4v) is 2.14. The molecule has 2 nitrogen and oxygen atoms in total. The molecule has 1 N–H and O–H groups in total. The molecule has 0 bridgehead atoms. The Hall–Kier alpha value is -1.93. The van der Waals surface area contributed by atoms with Crippen molar-refractivity contribution in [3.63, 3.8) is 0 Å². The monoisotopic (exact) mass is 253 g/mol. The van der Waals surface area contributed by atoms with Gasteiger partial charge in [0.2, 0.25) is 0 Å². The molecule has 0 amide bonds. The van der Waals surface area contributed by atoms with Gasteiger partial charge in [0.15, 0.2) is 5.78 Å². The van der Waals surface area contributed by atoms with Gasteiger partial charge in [-0.3, -0.25) is 4.79 Å². The van der Waals surface area contributed by atoms with E-state index in [1.54, 1.807) is 0 Å². The summed E-state index contributed by atoms with van der Waals surface area (Å²) in [5.41, 5.74) is 3.09. The van der Waals surface area contributed by atoms with Gasteiger partial charge in [0, 0.05) is 18.0 Å². The summed E-state index contributed by atoms with van der Waals surface area (Å²) in [6.07, 6.45) is 0. The van der Waals surface area contributed by atoms with Crippen molar-refractivity contribution in [2.45, 2.75) is 6.92 Å². The van der Waals surface area contributed by atoms with Gasteiger partial charge in [-0.2, -0.15) is 0 Å². The second kappa shape index (κ2) is 6.30. The van der Waals surface area contributed by atoms with Crippen LogP contribution in [0, 0.1) is 5.92 Å². The standard InChI is InChI=1S/C17H19NO/c1-13(12-18-2)17(19)16-10-8-15(9-11-16)14-6-4-3-5-7-14/h3-11,13,18H,12H2,1-2H3. The molecule has 0 aliphatic heterocycles. The predicted octanol–water partition coefficient (Wildman–Crippen LogP) is 3.39. The van der Waals surface area contributed by atoms with Gasteiger partial charge in [0.25, 0.3) is 0 Å². The fraction of sp³-hybridized carbons (Fsp3) is 0.235. The topological polar surface area (TPSA) is 29.1 Å². The van der Waals surface area contributed by atoms with Crippen molar-refractivity contribution in [3.8, 4) is 11.1 Å². The van der Waals surface area contributed by atoms with Crippen LogP contribution in [-0.2, 0) is 0 Å². The van der Waals surface area contributed by atoms with Gasteiger partial charge in [-0.15, -0.1) is 0 Å². The third-order valence-electron chi connectivity index (χ3n) is 3.23. The molecule has 0 saturated heterocycles. The van der Waals surface area contributed by atoms with Crippen LogP contribution in [0.15, 0.2) is 54.6 Å². The Morgan fingerprint density at radius 3 is 2.16 bits per heavy atom. The lowest BCUT2D eigenvalue weighted by molar-refractivity contribution is 0.0930. The minimum Gasteiger partial charge on any atom is -0.319 e. The summed E-state index contributed by atoms with van der Waals surface area (Å²) in [5, 5.41) is 3.03. The van der Waals surface area contributed by atoms with Gasteiger partial charge < -0.3 is 5.32 Å².